The molecule has 0 atom stereocenters. The van der Waals surface area contributed by atoms with Crippen LogP contribution in [0.3, 0.4) is 0 Å². The average Bonchev–Trinajstić information content (AvgIpc) is 3.41. The smallest absolute Gasteiger partial charge is 0.261 e. The number of carbonyl (C=O) groups is 4. The van der Waals surface area contributed by atoms with Crippen LogP contribution in [0.4, 0.5) is 5.69 Å². The van der Waals surface area contributed by atoms with Gasteiger partial charge in [0.2, 0.25) is 5.91 Å². The Hall–Kier alpha value is -4.26. The lowest BCUT2D eigenvalue weighted by Gasteiger charge is -2.18. The van der Waals surface area contributed by atoms with Crippen LogP contribution < -0.4 is 10.2 Å². The fraction of sp³-hybridized carbons (Fsp3) is 0.241. The van der Waals surface area contributed by atoms with Gasteiger partial charge in [-0.15, -0.1) is 0 Å². The first kappa shape index (κ1) is 23.5. The van der Waals surface area contributed by atoms with E-state index in [1.807, 2.05) is 54.3 Å². The van der Waals surface area contributed by atoms with Crippen molar-refractivity contribution in [3.63, 3.8) is 0 Å². The number of hydrogen-bond donors (Lipinski definition) is 1. The molecule has 3 aromatic carbocycles. The molecule has 0 spiro atoms. The van der Waals surface area contributed by atoms with Crippen LogP contribution in [0, 0.1) is 6.92 Å². The van der Waals surface area contributed by atoms with E-state index in [-0.39, 0.29) is 36.6 Å². The Balaban J connectivity index is 1.12. The Morgan fingerprint density at radius 1 is 0.917 bits per heavy atom. The second-order valence-electron chi connectivity index (χ2n) is 9.23. The van der Waals surface area contributed by atoms with Crippen molar-refractivity contribution in [3.05, 3.63) is 100 Å². The summed E-state index contributed by atoms with van der Waals surface area (Å²) < 4.78 is 0. The SMILES string of the molecule is Cc1cccc(C(=O)N2CCc3cc(CNC(=O)CCCN4C(=O)c5ccccc5C4=O)ccc32)c1. The number of fused-ring (bicyclic) bond motifs is 2. The minimum absolute atomic E-state index is 0.00318. The van der Waals surface area contributed by atoms with E-state index in [2.05, 4.69) is 5.32 Å². The summed E-state index contributed by atoms with van der Waals surface area (Å²) in [5, 5.41) is 2.91. The maximum Gasteiger partial charge on any atom is 0.261 e. The summed E-state index contributed by atoms with van der Waals surface area (Å²) in [6.45, 7) is 3.20. The first-order valence-electron chi connectivity index (χ1n) is 12.1. The van der Waals surface area contributed by atoms with Gasteiger partial charge in [0.25, 0.3) is 17.7 Å². The number of nitrogens with zero attached hydrogens (tertiary/aromatic N) is 2. The summed E-state index contributed by atoms with van der Waals surface area (Å²) in [6.07, 6.45) is 1.39. The predicted octanol–water partition coefficient (Wildman–Crippen LogP) is 3.89. The Kier molecular flexibility index (Phi) is 6.38. The summed E-state index contributed by atoms with van der Waals surface area (Å²) in [5.74, 6) is -0.743. The maximum atomic E-state index is 13.0. The monoisotopic (exact) mass is 481 g/mol. The zero-order valence-corrected chi connectivity index (χ0v) is 20.1. The minimum Gasteiger partial charge on any atom is -0.352 e. The molecule has 2 heterocycles. The topological polar surface area (TPSA) is 86.8 Å². The molecule has 7 nitrogen and oxygen atoms in total. The minimum atomic E-state index is -0.302. The van der Waals surface area contributed by atoms with Crippen molar-refractivity contribution in [2.45, 2.75) is 32.7 Å². The molecule has 5 rings (SSSR count). The quantitative estimate of drug-likeness (QED) is 0.519. The van der Waals surface area contributed by atoms with Gasteiger partial charge in [0.1, 0.15) is 0 Å². The number of hydrogen-bond acceptors (Lipinski definition) is 4. The molecule has 0 aliphatic carbocycles. The van der Waals surface area contributed by atoms with Crippen LogP contribution in [0.25, 0.3) is 0 Å². The fourth-order valence-electron chi connectivity index (χ4n) is 4.84. The molecule has 2 aliphatic heterocycles. The second-order valence-corrected chi connectivity index (χ2v) is 9.23. The molecule has 0 bridgehead atoms. The Labute approximate surface area is 209 Å². The molecule has 4 amide bonds. The highest BCUT2D eigenvalue weighted by Gasteiger charge is 2.34. The number of benzene rings is 3. The number of nitrogens with one attached hydrogen (secondary N) is 1. The molecule has 0 radical (unpaired) electrons. The number of imide groups is 1. The van der Waals surface area contributed by atoms with Crippen molar-refractivity contribution in [2.75, 3.05) is 18.0 Å². The van der Waals surface area contributed by atoms with Crippen LogP contribution in [0.2, 0.25) is 0 Å². The number of amides is 4. The van der Waals surface area contributed by atoms with E-state index in [0.29, 0.717) is 36.2 Å². The zero-order valence-electron chi connectivity index (χ0n) is 20.1. The molecule has 7 heteroatoms. The van der Waals surface area contributed by atoms with E-state index in [9.17, 15) is 19.2 Å². The molecule has 0 saturated heterocycles. The largest absolute Gasteiger partial charge is 0.352 e. The third kappa shape index (κ3) is 4.52. The molecule has 182 valence electrons. The first-order chi connectivity index (χ1) is 17.4. The molecule has 0 fully saturated rings. The van der Waals surface area contributed by atoms with Crippen molar-refractivity contribution in [2.24, 2.45) is 0 Å². The van der Waals surface area contributed by atoms with E-state index in [1.54, 1.807) is 24.3 Å². The van der Waals surface area contributed by atoms with Gasteiger partial charge in [-0.2, -0.15) is 0 Å². The molecule has 36 heavy (non-hydrogen) atoms. The van der Waals surface area contributed by atoms with Crippen molar-refractivity contribution in [1.29, 1.82) is 0 Å². The van der Waals surface area contributed by atoms with Gasteiger partial charge in [0, 0.05) is 37.3 Å². The van der Waals surface area contributed by atoms with Gasteiger partial charge in [-0.1, -0.05) is 42.0 Å². The van der Waals surface area contributed by atoms with Crippen LogP contribution in [0.1, 0.15) is 60.6 Å². The van der Waals surface area contributed by atoms with Gasteiger partial charge in [-0.05, 0) is 61.2 Å². The molecule has 0 aromatic heterocycles. The molecule has 2 aliphatic rings. The highest BCUT2D eigenvalue weighted by atomic mass is 16.2. The fourth-order valence-corrected chi connectivity index (χ4v) is 4.84. The lowest BCUT2D eigenvalue weighted by molar-refractivity contribution is -0.121. The lowest BCUT2D eigenvalue weighted by atomic mass is 10.1. The van der Waals surface area contributed by atoms with Crippen LogP contribution in [-0.2, 0) is 17.8 Å². The molecular formula is C29H27N3O4. The molecule has 0 saturated carbocycles. The zero-order chi connectivity index (χ0) is 25.2. The lowest BCUT2D eigenvalue weighted by Crippen LogP contribution is -2.32. The van der Waals surface area contributed by atoms with Crippen molar-refractivity contribution in [3.8, 4) is 0 Å². The number of aryl methyl sites for hydroxylation is 1. The second kappa shape index (κ2) is 9.77. The van der Waals surface area contributed by atoms with E-state index in [0.717, 1.165) is 28.8 Å². The van der Waals surface area contributed by atoms with Crippen LogP contribution >= 0.6 is 0 Å². The molecule has 1 N–H and O–H groups in total. The Morgan fingerprint density at radius 2 is 1.67 bits per heavy atom. The third-order valence-corrected chi connectivity index (χ3v) is 6.70. The molecule has 3 aromatic rings. The van der Waals surface area contributed by atoms with Crippen molar-refractivity contribution >= 4 is 29.3 Å². The number of carbonyl (C=O) groups excluding carboxylic acids is 4. The summed E-state index contributed by atoms with van der Waals surface area (Å²) in [4.78, 5) is 53.2. The normalized spacial score (nSPS) is 14.1. The maximum absolute atomic E-state index is 13.0. The molecular weight excluding hydrogens is 454 g/mol. The highest BCUT2D eigenvalue weighted by Crippen LogP contribution is 2.30. The Morgan fingerprint density at radius 3 is 2.39 bits per heavy atom. The van der Waals surface area contributed by atoms with Gasteiger partial charge in [0.15, 0.2) is 0 Å². The van der Waals surface area contributed by atoms with Gasteiger partial charge >= 0.3 is 0 Å². The number of anilines is 1. The standard InChI is InChI=1S/C29H27N3O4/c1-19-6-4-7-22(16-19)27(34)31-15-13-21-17-20(11-12-25(21)31)18-30-26(33)10-5-14-32-28(35)23-8-2-3-9-24(23)29(32)36/h2-4,6-9,11-12,16-17H,5,10,13-15,18H2,1H3,(H,30,33). The Bertz CT molecular complexity index is 1350. The average molecular weight is 482 g/mol. The van der Waals surface area contributed by atoms with Gasteiger partial charge in [0.05, 0.1) is 11.1 Å². The number of rotatable bonds is 7. The molecule has 0 unspecified atom stereocenters. The highest BCUT2D eigenvalue weighted by molar-refractivity contribution is 6.21. The van der Waals surface area contributed by atoms with Crippen LogP contribution in [-0.4, -0.2) is 41.6 Å². The van der Waals surface area contributed by atoms with Crippen molar-refractivity contribution in [1.82, 2.24) is 10.2 Å². The summed E-state index contributed by atoms with van der Waals surface area (Å²) in [5.41, 5.74) is 5.54. The van der Waals surface area contributed by atoms with E-state index < -0.39 is 0 Å². The van der Waals surface area contributed by atoms with E-state index in [4.69, 9.17) is 0 Å². The van der Waals surface area contributed by atoms with Crippen LogP contribution in [0.15, 0.2) is 66.7 Å². The van der Waals surface area contributed by atoms with E-state index in [1.165, 1.54) is 4.90 Å². The summed E-state index contributed by atoms with van der Waals surface area (Å²) >= 11 is 0. The van der Waals surface area contributed by atoms with Crippen molar-refractivity contribution < 1.29 is 19.2 Å². The first-order valence-corrected chi connectivity index (χ1v) is 12.1. The summed E-state index contributed by atoms with van der Waals surface area (Å²) in [6, 6.07) is 20.3. The predicted molar refractivity (Wildman–Crippen MR) is 136 cm³/mol. The van der Waals surface area contributed by atoms with E-state index >= 15 is 0 Å². The van der Waals surface area contributed by atoms with Gasteiger partial charge < -0.3 is 10.2 Å². The van der Waals surface area contributed by atoms with Gasteiger partial charge in [-0.25, -0.2) is 0 Å². The summed E-state index contributed by atoms with van der Waals surface area (Å²) in [7, 11) is 0. The van der Waals surface area contributed by atoms with Crippen LogP contribution in [0.5, 0.6) is 0 Å². The third-order valence-electron chi connectivity index (χ3n) is 6.70. The van der Waals surface area contributed by atoms with Gasteiger partial charge in [-0.3, -0.25) is 24.1 Å².